The number of carbonyl (C=O) groups excluding carboxylic acids is 2. The second kappa shape index (κ2) is 21.7. The first-order valence-corrected chi connectivity index (χ1v) is 23.5. The molecular weight excluding hydrogens is 957 g/mol. The van der Waals surface area contributed by atoms with Gasteiger partial charge in [-0.3, -0.25) is 19.2 Å². The van der Waals surface area contributed by atoms with Crippen LogP contribution in [0.15, 0.2) is 133 Å². The summed E-state index contributed by atoms with van der Waals surface area (Å²) in [6, 6.07) is 42.0. The maximum Gasteiger partial charge on any atom is 0.303 e. The molecule has 0 saturated carbocycles. The number of aryl methyl sites for hydroxylation is 4. The number of nitrogens with one attached hydrogen (secondary N) is 4. The Morgan fingerprint density at radius 2 is 1.07 bits per heavy atom. The van der Waals surface area contributed by atoms with Crippen LogP contribution < -0.4 is 10.6 Å². The highest BCUT2D eigenvalue weighted by atomic mass is 35.5. The van der Waals surface area contributed by atoms with Crippen molar-refractivity contribution >= 4 is 104 Å². The molecule has 71 heavy (non-hydrogen) atoms. The number of anilines is 2. The average Bonchev–Trinajstić information content (AvgIpc) is 3.93. The number of aromatic nitrogens is 3. The summed E-state index contributed by atoms with van der Waals surface area (Å²) in [7, 11) is 0. The molecule has 0 spiro atoms. The molecule has 0 saturated heterocycles. The number of nitrogens with zero attached hydrogens (tertiary/aromatic N) is 1. The predicted molar refractivity (Wildman–Crippen MR) is 289 cm³/mol. The summed E-state index contributed by atoms with van der Waals surface area (Å²) < 4.78 is 0. The average molecular weight is 1010 g/mol. The minimum Gasteiger partial charge on any atom is -0.481 e. The molecule has 0 atom stereocenters. The number of pyridine rings is 1. The van der Waals surface area contributed by atoms with Crippen LogP contribution in [-0.4, -0.2) is 48.9 Å². The first kappa shape index (κ1) is 51.4. The molecule has 0 aliphatic heterocycles. The monoisotopic (exact) mass is 1010 g/mol. The van der Waals surface area contributed by atoms with Gasteiger partial charge in [-0.25, -0.2) is 4.98 Å². The van der Waals surface area contributed by atoms with E-state index in [0.717, 1.165) is 71.9 Å². The van der Waals surface area contributed by atoms with Crippen molar-refractivity contribution in [2.45, 2.75) is 65.7 Å². The summed E-state index contributed by atoms with van der Waals surface area (Å²) in [5.74, 6) is -1.62. The highest BCUT2D eigenvalue weighted by molar-refractivity contribution is 6.39. The van der Waals surface area contributed by atoms with Gasteiger partial charge >= 0.3 is 11.9 Å². The van der Waals surface area contributed by atoms with Crippen LogP contribution in [0.5, 0.6) is 0 Å². The first-order valence-electron chi connectivity index (χ1n) is 22.8. The van der Waals surface area contributed by atoms with E-state index in [9.17, 15) is 19.2 Å². The van der Waals surface area contributed by atoms with Gasteiger partial charge in [0.1, 0.15) is 5.82 Å². The number of halogens is 3. The maximum absolute atomic E-state index is 12.9. The van der Waals surface area contributed by atoms with Gasteiger partial charge in [0.15, 0.2) is 0 Å². The molecule has 3 heterocycles. The molecule has 6 aromatic carbocycles. The third-order valence-electron chi connectivity index (χ3n) is 12.1. The number of hydrogen-bond acceptors (Lipinski definition) is 5. The summed E-state index contributed by atoms with van der Waals surface area (Å²) in [4.78, 5) is 58.8. The summed E-state index contributed by atoms with van der Waals surface area (Å²) in [6.07, 6.45) is 0.974. The van der Waals surface area contributed by atoms with Crippen LogP contribution in [0.3, 0.4) is 0 Å². The van der Waals surface area contributed by atoms with Crippen LogP contribution >= 0.6 is 35.6 Å². The van der Waals surface area contributed by atoms with Crippen molar-refractivity contribution in [1.82, 2.24) is 15.0 Å². The normalized spacial score (nSPS) is 11.2. The van der Waals surface area contributed by atoms with Crippen molar-refractivity contribution in [3.05, 3.63) is 182 Å². The Morgan fingerprint density at radius 1 is 0.577 bits per heavy atom. The molecule has 11 nitrogen and oxygen atoms in total. The molecule has 0 bridgehead atoms. The van der Waals surface area contributed by atoms with E-state index in [-0.39, 0.29) is 42.5 Å². The van der Waals surface area contributed by atoms with Crippen molar-refractivity contribution in [2.24, 2.45) is 0 Å². The Hall–Kier alpha value is -7.44. The number of aliphatic carboxylic acids is 2. The minimum atomic E-state index is -0.881. The Morgan fingerprint density at radius 3 is 1.61 bits per heavy atom. The number of rotatable bonds is 12. The molecule has 0 radical (unpaired) electrons. The van der Waals surface area contributed by atoms with E-state index in [4.69, 9.17) is 33.4 Å². The van der Waals surface area contributed by atoms with Gasteiger partial charge in [-0.2, -0.15) is 0 Å². The largest absolute Gasteiger partial charge is 0.481 e. The fourth-order valence-electron chi connectivity index (χ4n) is 8.54. The number of aromatic amines is 2. The summed E-state index contributed by atoms with van der Waals surface area (Å²) in [5, 5.41) is 27.5. The Labute approximate surface area is 427 Å². The molecule has 0 aliphatic rings. The molecule has 0 aliphatic carbocycles. The number of H-pyrrole nitrogens is 2. The van der Waals surface area contributed by atoms with Crippen LogP contribution in [0.25, 0.3) is 55.2 Å². The van der Waals surface area contributed by atoms with Crippen molar-refractivity contribution in [2.75, 3.05) is 10.6 Å². The zero-order valence-electron chi connectivity index (χ0n) is 39.7. The van der Waals surface area contributed by atoms with Gasteiger partial charge in [-0.1, -0.05) is 98.6 Å². The molecule has 2 amide bonds. The third kappa shape index (κ3) is 12.3. The second-order valence-electron chi connectivity index (χ2n) is 18.4. The van der Waals surface area contributed by atoms with Crippen molar-refractivity contribution < 1.29 is 29.4 Å². The minimum absolute atomic E-state index is 0. The third-order valence-corrected chi connectivity index (χ3v) is 12.7. The lowest BCUT2D eigenvalue weighted by Crippen LogP contribution is -2.13. The van der Waals surface area contributed by atoms with E-state index in [1.165, 1.54) is 5.56 Å². The predicted octanol–water partition coefficient (Wildman–Crippen LogP) is 14.4. The zero-order valence-corrected chi connectivity index (χ0v) is 42.0. The van der Waals surface area contributed by atoms with Crippen LogP contribution in [0.4, 0.5) is 11.5 Å². The van der Waals surface area contributed by atoms with Crippen LogP contribution in [0.1, 0.15) is 82.1 Å². The highest BCUT2D eigenvalue weighted by Crippen LogP contribution is 2.38. The zero-order chi connectivity index (χ0) is 49.9. The van der Waals surface area contributed by atoms with Gasteiger partial charge in [0.05, 0.1) is 15.6 Å². The van der Waals surface area contributed by atoms with Crippen LogP contribution in [0, 0.1) is 13.8 Å². The van der Waals surface area contributed by atoms with Gasteiger partial charge < -0.3 is 30.8 Å². The summed E-state index contributed by atoms with van der Waals surface area (Å²) in [5.41, 5.74) is 12.9. The van der Waals surface area contributed by atoms with Crippen molar-refractivity contribution in [3.8, 4) is 22.5 Å². The molecule has 9 rings (SSSR count). The van der Waals surface area contributed by atoms with Crippen molar-refractivity contribution in [1.29, 1.82) is 0 Å². The maximum atomic E-state index is 12.9. The van der Waals surface area contributed by atoms with E-state index in [2.05, 4.69) is 64.6 Å². The quantitative estimate of drug-likeness (QED) is 0.0705. The Bertz CT molecular complexity index is 3440. The fourth-order valence-corrected chi connectivity index (χ4v) is 9.27. The molecule has 14 heteroatoms. The molecule has 6 N–H and O–H groups in total. The van der Waals surface area contributed by atoms with E-state index < -0.39 is 11.9 Å². The first-order chi connectivity index (χ1) is 33.4. The van der Waals surface area contributed by atoms with E-state index in [1.54, 1.807) is 30.3 Å². The van der Waals surface area contributed by atoms with Gasteiger partial charge in [-0.15, -0.1) is 12.4 Å². The molecule has 0 unspecified atom stereocenters. The van der Waals surface area contributed by atoms with E-state index in [0.29, 0.717) is 51.1 Å². The highest BCUT2D eigenvalue weighted by Gasteiger charge is 2.18. The lowest BCUT2D eigenvalue weighted by Gasteiger charge is -2.19. The Kier molecular flexibility index (Phi) is 15.7. The van der Waals surface area contributed by atoms with Gasteiger partial charge in [0.25, 0.3) is 11.8 Å². The number of amides is 2. The number of carboxylic acid groups (broad SMARTS) is 2. The molecular formula is C57H52Cl3N5O6. The lowest BCUT2D eigenvalue weighted by atomic mass is 9.87. The number of hydrogen-bond donors (Lipinski definition) is 6. The number of para-hydroxylation sites is 1. The lowest BCUT2D eigenvalue weighted by molar-refractivity contribution is -0.138. The van der Waals surface area contributed by atoms with E-state index >= 15 is 0 Å². The summed E-state index contributed by atoms with van der Waals surface area (Å²) in [6.45, 7) is 10.6. The SMILES string of the molecule is Cc1cc(CCC(=O)O)cc(C)c1-c1cc2ccc(C(=O)Nc3ccc(C(C)(C)C)cc3)cc2[nH]1.Cl.O=C(O)CCc1cc(Cl)c(-c2cc3ccc(C(=O)Nc4ccc5ccccc5n4)cc3[nH]2)c(Cl)c1. The van der Waals surface area contributed by atoms with Crippen LogP contribution in [-0.2, 0) is 27.8 Å². The molecule has 0 fully saturated rings. The van der Waals surface area contributed by atoms with Crippen LogP contribution in [0.2, 0.25) is 10.0 Å². The number of carbonyl (C=O) groups is 4. The molecule has 362 valence electrons. The summed E-state index contributed by atoms with van der Waals surface area (Å²) >= 11 is 13.0. The van der Waals surface area contributed by atoms with Gasteiger partial charge in [0.2, 0.25) is 0 Å². The van der Waals surface area contributed by atoms with Gasteiger partial charge in [0, 0.05) is 79.4 Å². The number of benzene rings is 6. The number of carboxylic acids is 2. The second-order valence-corrected chi connectivity index (χ2v) is 19.2. The standard InChI is InChI=1S/C30H32N2O3.C27H19Cl2N3O3.ClH/c1-18-14-20(6-13-27(33)34)15-19(2)28(18)26-16-21-7-8-22(17-25(21)32-26)29(35)31-24-11-9-23(10-12-24)30(3,4)5;28-19-11-15(5-10-25(33)34)12-20(29)26(19)23-13-17-6-7-18(14-22(17)30-23)27(35)32-24-9-8-16-3-1-2-4-21(16)31-24;/h7-12,14-17,32H,6,13H2,1-5H3,(H,31,35)(H,33,34);1-4,6-9,11-14,30H,5,10H2,(H,33,34)(H,31,32,35);1H. The molecule has 9 aromatic rings. The smallest absolute Gasteiger partial charge is 0.303 e. The van der Waals surface area contributed by atoms with Gasteiger partial charge in [-0.05, 0) is 139 Å². The Balaban J connectivity index is 0.000000206. The molecule has 3 aromatic heterocycles. The number of fused-ring (bicyclic) bond motifs is 3. The topological polar surface area (TPSA) is 177 Å². The van der Waals surface area contributed by atoms with Crippen molar-refractivity contribution in [3.63, 3.8) is 0 Å². The fraction of sp³-hybridized carbons (Fsp3) is 0.175. The van der Waals surface area contributed by atoms with E-state index in [1.807, 2.05) is 98.8 Å².